The molecular formula is C21H24N4O2S. The smallest absolute Gasteiger partial charge is 0.270 e. The van der Waals surface area contributed by atoms with Crippen molar-refractivity contribution < 1.29 is 9.90 Å². The lowest BCUT2D eigenvalue weighted by molar-refractivity contribution is 0.0731. The van der Waals surface area contributed by atoms with Crippen molar-refractivity contribution >= 4 is 33.3 Å². The van der Waals surface area contributed by atoms with Crippen LogP contribution in [0.3, 0.4) is 0 Å². The van der Waals surface area contributed by atoms with Crippen LogP contribution in [-0.2, 0) is 13.0 Å². The molecule has 7 heteroatoms. The average Bonchev–Trinajstić information content (AvgIpc) is 3.32. The number of hydrogen-bond donors (Lipinski definition) is 3. The number of hydrogen-bond acceptors (Lipinski definition) is 5. The Labute approximate surface area is 167 Å². The monoisotopic (exact) mass is 396 g/mol. The minimum atomic E-state index is -0.297. The molecule has 1 aliphatic heterocycles. The summed E-state index contributed by atoms with van der Waals surface area (Å²) in [5, 5.41) is 15.5. The number of carbonyl (C=O) groups is 1. The largest absolute Gasteiger partial charge is 0.391 e. The first-order valence-electron chi connectivity index (χ1n) is 9.97. The van der Waals surface area contributed by atoms with E-state index < -0.39 is 0 Å². The lowest BCUT2D eigenvalue weighted by Gasteiger charge is -2.28. The first-order chi connectivity index (χ1) is 13.7. The highest BCUT2D eigenvalue weighted by molar-refractivity contribution is 7.15. The number of thiazole rings is 1. The van der Waals surface area contributed by atoms with Crippen LogP contribution in [0.4, 0.5) is 5.13 Å². The van der Waals surface area contributed by atoms with Crippen molar-refractivity contribution in [3.8, 4) is 0 Å². The van der Waals surface area contributed by atoms with E-state index in [9.17, 15) is 9.90 Å². The van der Waals surface area contributed by atoms with E-state index in [0.717, 1.165) is 58.7 Å². The summed E-state index contributed by atoms with van der Waals surface area (Å²) in [5.74, 6) is 0.0347. The maximum absolute atomic E-state index is 13.0. The Kier molecular flexibility index (Phi) is 4.56. The van der Waals surface area contributed by atoms with E-state index in [-0.39, 0.29) is 18.1 Å². The molecule has 3 aromatic rings. The fraction of sp³-hybridized carbons (Fsp3) is 0.429. The second-order valence-corrected chi connectivity index (χ2v) is 8.82. The van der Waals surface area contributed by atoms with Crippen LogP contribution in [0.5, 0.6) is 0 Å². The SMILES string of the molecule is O=C(c1cc2ccccc2[nH]1)N1CCc2nc(N[C@H]3CCCC[C@@H]3O)sc2C1. The van der Waals surface area contributed by atoms with E-state index in [1.54, 1.807) is 11.3 Å². The van der Waals surface area contributed by atoms with Crippen LogP contribution in [-0.4, -0.2) is 44.6 Å². The molecule has 0 unspecified atom stereocenters. The van der Waals surface area contributed by atoms with Crippen molar-refractivity contribution in [3.63, 3.8) is 0 Å². The van der Waals surface area contributed by atoms with Crippen molar-refractivity contribution in [2.45, 2.75) is 50.8 Å². The maximum atomic E-state index is 13.0. The van der Waals surface area contributed by atoms with E-state index in [2.05, 4.69) is 10.3 Å². The average molecular weight is 397 g/mol. The fourth-order valence-electron chi connectivity index (χ4n) is 4.23. The Hall–Kier alpha value is -2.38. The van der Waals surface area contributed by atoms with Gasteiger partial charge in [-0.05, 0) is 25.0 Å². The van der Waals surface area contributed by atoms with Crippen molar-refractivity contribution in [1.29, 1.82) is 0 Å². The van der Waals surface area contributed by atoms with Gasteiger partial charge in [0.05, 0.1) is 24.4 Å². The highest BCUT2D eigenvalue weighted by atomic mass is 32.1. The number of nitrogens with one attached hydrogen (secondary N) is 2. The molecule has 1 aliphatic carbocycles. The molecule has 1 saturated carbocycles. The summed E-state index contributed by atoms with van der Waals surface area (Å²) < 4.78 is 0. The van der Waals surface area contributed by atoms with Gasteiger partial charge in [0, 0.05) is 28.7 Å². The molecule has 2 aliphatic rings. The third kappa shape index (κ3) is 3.29. The van der Waals surface area contributed by atoms with Crippen LogP contribution in [0.25, 0.3) is 10.9 Å². The summed E-state index contributed by atoms with van der Waals surface area (Å²) in [6, 6.07) is 9.96. The molecule has 2 atom stereocenters. The van der Waals surface area contributed by atoms with E-state index in [1.807, 2.05) is 35.2 Å². The fourth-order valence-corrected chi connectivity index (χ4v) is 5.31. The maximum Gasteiger partial charge on any atom is 0.270 e. The summed E-state index contributed by atoms with van der Waals surface area (Å²) in [7, 11) is 0. The molecule has 0 bridgehead atoms. The normalized spacial score (nSPS) is 22.2. The van der Waals surface area contributed by atoms with Gasteiger partial charge in [-0.3, -0.25) is 4.79 Å². The van der Waals surface area contributed by atoms with E-state index in [1.165, 1.54) is 0 Å². The number of benzene rings is 1. The van der Waals surface area contributed by atoms with Gasteiger partial charge in [0.1, 0.15) is 5.69 Å². The third-order valence-electron chi connectivity index (χ3n) is 5.82. The van der Waals surface area contributed by atoms with Gasteiger partial charge in [0.25, 0.3) is 5.91 Å². The minimum absolute atomic E-state index is 0.0347. The molecule has 3 heterocycles. The van der Waals surface area contributed by atoms with Gasteiger partial charge in [-0.2, -0.15) is 0 Å². The molecule has 0 radical (unpaired) electrons. The summed E-state index contributed by atoms with van der Waals surface area (Å²) in [6.45, 7) is 1.27. The molecule has 1 aromatic carbocycles. The molecule has 0 spiro atoms. The molecule has 1 amide bonds. The molecular weight excluding hydrogens is 372 g/mol. The zero-order valence-electron chi connectivity index (χ0n) is 15.6. The van der Waals surface area contributed by atoms with Crippen molar-refractivity contribution in [2.75, 3.05) is 11.9 Å². The second-order valence-electron chi connectivity index (χ2n) is 7.74. The van der Waals surface area contributed by atoms with Crippen LogP contribution in [0.15, 0.2) is 30.3 Å². The number of H-pyrrole nitrogens is 1. The predicted octanol–water partition coefficient (Wildman–Crippen LogP) is 3.54. The lowest BCUT2D eigenvalue weighted by Crippen LogP contribution is -2.36. The van der Waals surface area contributed by atoms with Gasteiger partial charge in [-0.1, -0.05) is 42.4 Å². The number of fused-ring (bicyclic) bond motifs is 2. The zero-order chi connectivity index (χ0) is 19.1. The van der Waals surface area contributed by atoms with Gasteiger partial charge in [-0.15, -0.1) is 0 Å². The Bertz CT molecular complexity index is 978. The number of para-hydroxylation sites is 1. The number of aromatic amines is 1. The highest BCUT2D eigenvalue weighted by Crippen LogP contribution is 2.31. The first kappa shape index (κ1) is 17.7. The Morgan fingerprint density at radius 1 is 1.29 bits per heavy atom. The Balaban J connectivity index is 1.30. The van der Waals surface area contributed by atoms with Gasteiger partial charge < -0.3 is 20.3 Å². The molecule has 0 saturated heterocycles. The topological polar surface area (TPSA) is 81.2 Å². The predicted molar refractivity (Wildman–Crippen MR) is 111 cm³/mol. The van der Waals surface area contributed by atoms with Crippen LogP contribution in [0, 0.1) is 0 Å². The molecule has 5 rings (SSSR count). The van der Waals surface area contributed by atoms with Crippen LogP contribution in [0.1, 0.15) is 46.7 Å². The number of amides is 1. The lowest BCUT2D eigenvalue weighted by atomic mass is 9.93. The number of anilines is 1. The number of aliphatic hydroxyl groups excluding tert-OH is 1. The number of carbonyl (C=O) groups excluding carboxylic acids is 1. The van der Waals surface area contributed by atoms with E-state index in [4.69, 9.17) is 4.98 Å². The Morgan fingerprint density at radius 3 is 3.00 bits per heavy atom. The molecule has 6 nitrogen and oxygen atoms in total. The number of nitrogens with zero attached hydrogens (tertiary/aromatic N) is 2. The quantitative estimate of drug-likeness (QED) is 0.633. The van der Waals surface area contributed by atoms with Crippen molar-refractivity contribution in [3.05, 3.63) is 46.6 Å². The van der Waals surface area contributed by atoms with Crippen LogP contribution < -0.4 is 5.32 Å². The van der Waals surface area contributed by atoms with Gasteiger partial charge in [-0.25, -0.2) is 4.98 Å². The van der Waals surface area contributed by atoms with Crippen molar-refractivity contribution in [1.82, 2.24) is 14.9 Å². The van der Waals surface area contributed by atoms with Gasteiger partial charge in [0.2, 0.25) is 0 Å². The molecule has 146 valence electrons. The number of rotatable bonds is 3. The van der Waals surface area contributed by atoms with Gasteiger partial charge >= 0.3 is 0 Å². The standard InChI is InChI=1S/C21H24N4O2S/c26-18-8-4-3-7-15(18)23-21-24-16-9-10-25(12-19(16)28-21)20(27)17-11-13-5-1-2-6-14(13)22-17/h1-2,5-6,11,15,18,22,26H,3-4,7-10,12H2,(H,23,24)/t15-,18-/m0/s1. The molecule has 28 heavy (non-hydrogen) atoms. The van der Waals surface area contributed by atoms with Crippen molar-refractivity contribution in [2.24, 2.45) is 0 Å². The number of aliphatic hydroxyl groups is 1. The summed E-state index contributed by atoms with van der Waals surface area (Å²) in [4.78, 5) is 24.0. The van der Waals surface area contributed by atoms with Gasteiger partial charge in [0.15, 0.2) is 5.13 Å². The van der Waals surface area contributed by atoms with Crippen LogP contribution >= 0.6 is 11.3 Å². The molecule has 1 fully saturated rings. The number of aromatic nitrogens is 2. The molecule has 2 aromatic heterocycles. The minimum Gasteiger partial charge on any atom is -0.391 e. The molecule has 3 N–H and O–H groups in total. The van der Waals surface area contributed by atoms with E-state index >= 15 is 0 Å². The van der Waals surface area contributed by atoms with Crippen LogP contribution in [0.2, 0.25) is 0 Å². The van der Waals surface area contributed by atoms with E-state index in [0.29, 0.717) is 18.8 Å². The third-order valence-corrected chi connectivity index (χ3v) is 6.83. The summed E-state index contributed by atoms with van der Waals surface area (Å²) >= 11 is 1.61. The zero-order valence-corrected chi connectivity index (χ0v) is 16.5. The second kappa shape index (κ2) is 7.22. The summed E-state index contributed by atoms with van der Waals surface area (Å²) in [5.41, 5.74) is 2.70. The first-order valence-corrected chi connectivity index (χ1v) is 10.8. The summed E-state index contributed by atoms with van der Waals surface area (Å²) in [6.07, 6.45) is 4.55. The Morgan fingerprint density at radius 2 is 2.14 bits per heavy atom. The highest BCUT2D eigenvalue weighted by Gasteiger charge is 2.28.